The van der Waals surface area contributed by atoms with Crippen molar-refractivity contribution >= 4 is 81.4 Å². The van der Waals surface area contributed by atoms with Crippen molar-refractivity contribution in [2.75, 3.05) is 0 Å². The summed E-state index contributed by atoms with van der Waals surface area (Å²) >= 11 is 0. The highest BCUT2D eigenvalue weighted by molar-refractivity contribution is 6.29. The molecule has 11 rings (SSSR count). The van der Waals surface area contributed by atoms with Crippen molar-refractivity contribution in [3.8, 4) is 27.9 Å². The molecule has 0 fully saturated rings. The molecular weight excluding hydrogens is 641 g/mol. The normalized spacial score (nSPS) is 11.8. The molecule has 0 aliphatic carbocycles. The van der Waals surface area contributed by atoms with E-state index in [2.05, 4.69) is 179 Å². The van der Waals surface area contributed by atoms with Crippen LogP contribution in [0.2, 0.25) is 0 Å². The first-order chi connectivity index (χ1) is 26.2. The van der Waals surface area contributed by atoms with Gasteiger partial charge in [-0.3, -0.25) is 0 Å². The van der Waals surface area contributed by atoms with Gasteiger partial charge >= 0.3 is 0 Å². The van der Waals surface area contributed by atoms with Crippen LogP contribution in [0.25, 0.3) is 108 Å². The third-order valence-corrected chi connectivity index (χ3v) is 11.1. The molecule has 0 aliphatic heterocycles. The molecule has 0 bridgehead atoms. The Labute approximate surface area is 306 Å². The second kappa shape index (κ2) is 11.4. The zero-order chi connectivity index (χ0) is 35.0. The lowest BCUT2D eigenvalue weighted by atomic mass is 9.90. The fourth-order valence-electron chi connectivity index (χ4n) is 8.64. The summed E-state index contributed by atoms with van der Waals surface area (Å²) in [6.07, 6.45) is 0. The van der Waals surface area contributed by atoms with E-state index in [1.807, 2.05) is 12.1 Å². The Morgan fingerprint density at radius 1 is 0.321 bits per heavy atom. The average molecular weight is 671 g/mol. The largest absolute Gasteiger partial charge is 0.309 e. The highest BCUT2D eigenvalue weighted by Crippen LogP contribution is 2.42. The number of aromatic nitrogens is 1. The van der Waals surface area contributed by atoms with Crippen LogP contribution in [0.4, 0.5) is 5.69 Å². The number of rotatable bonds is 3. The fraction of sp³-hybridized carbons (Fsp3) is 0. The first kappa shape index (κ1) is 29.5. The molecule has 0 aliphatic rings. The topological polar surface area (TPSA) is 9.29 Å². The van der Waals surface area contributed by atoms with Crippen LogP contribution in [0.3, 0.4) is 0 Å². The van der Waals surface area contributed by atoms with Crippen molar-refractivity contribution in [1.29, 1.82) is 0 Å². The number of benzene rings is 10. The summed E-state index contributed by atoms with van der Waals surface area (Å²) in [5, 5.41) is 14.8. The summed E-state index contributed by atoms with van der Waals surface area (Å²) < 4.78 is 2.41. The number of para-hydroxylation sites is 2. The van der Waals surface area contributed by atoms with Crippen LogP contribution in [0.15, 0.2) is 182 Å². The van der Waals surface area contributed by atoms with E-state index in [0.717, 1.165) is 5.39 Å². The second-order valence-corrected chi connectivity index (χ2v) is 14.0. The van der Waals surface area contributed by atoms with Crippen molar-refractivity contribution < 1.29 is 0 Å². The van der Waals surface area contributed by atoms with E-state index in [1.165, 1.54) is 98.2 Å². The predicted molar refractivity (Wildman–Crippen MR) is 225 cm³/mol. The first-order valence-corrected chi connectivity index (χ1v) is 18.0. The van der Waals surface area contributed by atoms with E-state index >= 15 is 0 Å². The molecule has 53 heavy (non-hydrogen) atoms. The Hall–Kier alpha value is -7.21. The van der Waals surface area contributed by atoms with Gasteiger partial charge in [-0.15, -0.1) is 0 Å². The third-order valence-electron chi connectivity index (χ3n) is 11.1. The van der Waals surface area contributed by atoms with E-state index in [-0.39, 0.29) is 0 Å². The molecule has 0 radical (unpaired) electrons. The Morgan fingerprint density at radius 2 is 0.887 bits per heavy atom. The van der Waals surface area contributed by atoms with E-state index in [0.29, 0.717) is 5.69 Å². The maximum absolute atomic E-state index is 7.39. The minimum atomic E-state index is 0.671. The summed E-state index contributed by atoms with van der Waals surface area (Å²) in [7, 11) is 0. The second-order valence-electron chi connectivity index (χ2n) is 14.0. The maximum atomic E-state index is 7.39. The monoisotopic (exact) mass is 670 g/mol. The van der Waals surface area contributed by atoms with Crippen molar-refractivity contribution in [3.05, 3.63) is 193 Å². The van der Waals surface area contributed by atoms with E-state index in [9.17, 15) is 0 Å². The molecule has 244 valence electrons. The molecule has 10 aromatic carbocycles. The molecule has 0 saturated carbocycles. The zero-order valence-electron chi connectivity index (χ0n) is 28.7. The fourth-order valence-corrected chi connectivity index (χ4v) is 8.64. The molecule has 1 heterocycles. The number of nitrogens with zero attached hydrogens (tertiary/aromatic N) is 2. The Kier molecular flexibility index (Phi) is 6.35. The Balaban J connectivity index is 1.09. The summed E-state index contributed by atoms with van der Waals surface area (Å²) in [4.78, 5) is 3.61. The minimum absolute atomic E-state index is 0.671. The molecule has 0 N–H and O–H groups in total. The van der Waals surface area contributed by atoms with Crippen LogP contribution < -0.4 is 0 Å². The van der Waals surface area contributed by atoms with Gasteiger partial charge in [0.05, 0.1) is 17.6 Å². The van der Waals surface area contributed by atoms with Gasteiger partial charge < -0.3 is 4.57 Å². The van der Waals surface area contributed by atoms with Gasteiger partial charge in [0.25, 0.3) is 0 Å². The maximum Gasteiger partial charge on any atom is 0.187 e. The van der Waals surface area contributed by atoms with Crippen molar-refractivity contribution in [2.45, 2.75) is 0 Å². The third kappa shape index (κ3) is 4.51. The number of hydrogen-bond donors (Lipinski definition) is 0. The van der Waals surface area contributed by atoms with E-state index in [4.69, 9.17) is 6.57 Å². The molecular formula is C51H30N2. The molecule has 0 atom stereocenters. The molecule has 0 spiro atoms. The zero-order valence-corrected chi connectivity index (χ0v) is 28.7. The minimum Gasteiger partial charge on any atom is -0.309 e. The van der Waals surface area contributed by atoms with Gasteiger partial charge in [-0.05, 0) is 131 Å². The predicted octanol–water partition coefficient (Wildman–Crippen LogP) is 14.4. The molecule has 0 saturated heterocycles. The Morgan fingerprint density at radius 3 is 1.64 bits per heavy atom. The van der Waals surface area contributed by atoms with Crippen LogP contribution in [0.1, 0.15) is 0 Å². The SMILES string of the molecule is [C-]#[N+]c1ccc2c(ccc3cc(-c4cccc(-c5ccc6c(c5)c5ccccc5c5cc7c8ccccc8n(-c8ccccc8)c7cc65)c4)ccc32)c1. The molecule has 2 nitrogen and oxygen atoms in total. The van der Waals surface area contributed by atoms with Gasteiger partial charge in [0.1, 0.15) is 0 Å². The van der Waals surface area contributed by atoms with Crippen LogP contribution in [0, 0.1) is 6.57 Å². The van der Waals surface area contributed by atoms with Crippen LogP contribution in [0.5, 0.6) is 0 Å². The summed E-state index contributed by atoms with van der Waals surface area (Å²) in [5.74, 6) is 0. The molecule has 11 aromatic rings. The van der Waals surface area contributed by atoms with Crippen LogP contribution in [-0.4, -0.2) is 4.57 Å². The van der Waals surface area contributed by atoms with Crippen molar-refractivity contribution in [3.63, 3.8) is 0 Å². The summed E-state index contributed by atoms with van der Waals surface area (Å²) in [6, 6.07) is 66.1. The first-order valence-electron chi connectivity index (χ1n) is 18.0. The van der Waals surface area contributed by atoms with Gasteiger partial charge in [-0.2, -0.15) is 0 Å². The van der Waals surface area contributed by atoms with Gasteiger partial charge in [-0.1, -0.05) is 127 Å². The average Bonchev–Trinajstić information content (AvgIpc) is 3.56. The number of hydrogen-bond acceptors (Lipinski definition) is 0. The van der Waals surface area contributed by atoms with E-state index < -0.39 is 0 Å². The summed E-state index contributed by atoms with van der Waals surface area (Å²) in [5.41, 5.74) is 9.04. The van der Waals surface area contributed by atoms with Crippen LogP contribution in [-0.2, 0) is 0 Å². The lowest BCUT2D eigenvalue weighted by molar-refractivity contribution is 1.18. The Bertz CT molecular complexity index is 3340. The lowest BCUT2D eigenvalue weighted by Gasteiger charge is -2.14. The van der Waals surface area contributed by atoms with Gasteiger partial charge in [-0.25, -0.2) is 4.85 Å². The standard InChI is InChI=1S/C51H30N2/c1-52-38-22-25-41-37(28-38)19-18-36-27-34(20-23-40(36)41)32-10-9-11-33(26-32)35-21-24-44-46(29-35)42-14-5-6-15-43(42)47-30-49-45-16-7-8-17-50(45)53(51(49)31-48(44)47)39-12-3-2-4-13-39/h2-31H. The molecule has 2 heteroatoms. The number of fused-ring (bicyclic) bond motifs is 12. The quantitative estimate of drug-likeness (QED) is 0.131. The van der Waals surface area contributed by atoms with Gasteiger partial charge in [0, 0.05) is 16.5 Å². The van der Waals surface area contributed by atoms with Crippen molar-refractivity contribution in [1.82, 2.24) is 4.57 Å². The highest BCUT2D eigenvalue weighted by Gasteiger charge is 2.17. The summed E-state index contributed by atoms with van der Waals surface area (Å²) in [6.45, 7) is 7.39. The van der Waals surface area contributed by atoms with Crippen molar-refractivity contribution in [2.24, 2.45) is 0 Å². The van der Waals surface area contributed by atoms with Crippen LogP contribution >= 0.6 is 0 Å². The highest BCUT2D eigenvalue weighted by atomic mass is 15.0. The lowest BCUT2D eigenvalue weighted by Crippen LogP contribution is -1.93. The molecule has 0 unspecified atom stereocenters. The van der Waals surface area contributed by atoms with E-state index in [1.54, 1.807) is 0 Å². The van der Waals surface area contributed by atoms with Gasteiger partial charge in [0.15, 0.2) is 5.69 Å². The smallest absolute Gasteiger partial charge is 0.187 e. The molecule has 1 aromatic heterocycles. The molecule has 0 amide bonds. The van der Waals surface area contributed by atoms with Gasteiger partial charge in [0.2, 0.25) is 0 Å².